The Balaban J connectivity index is 1.90. The highest BCUT2D eigenvalue weighted by Crippen LogP contribution is 2.30. The van der Waals surface area contributed by atoms with Gasteiger partial charge in [-0.1, -0.05) is 12.1 Å². The summed E-state index contributed by atoms with van der Waals surface area (Å²) in [5, 5.41) is 0. The minimum atomic E-state index is -0.244. The number of esters is 1. The van der Waals surface area contributed by atoms with Crippen LogP contribution in [0.25, 0.3) is 0 Å². The van der Waals surface area contributed by atoms with E-state index in [4.69, 9.17) is 14.2 Å². The third-order valence-corrected chi connectivity index (χ3v) is 3.05. The summed E-state index contributed by atoms with van der Waals surface area (Å²) in [6.45, 7) is 1.89. The summed E-state index contributed by atoms with van der Waals surface area (Å²) >= 11 is 0. The van der Waals surface area contributed by atoms with Gasteiger partial charge in [0.2, 0.25) is 0 Å². The lowest BCUT2D eigenvalue weighted by Gasteiger charge is -2.28. The summed E-state index contributed by atoms with van der Waals surface area (Å²) in [5.74, 6) is 0.596. The fourth-order valence-corrected chi connectivity index (χ4v) is 2.14. The van der Waals surface area contributed by atoms with Gasteiger partial charge in [0.15, 0.2) is 0 Å². The molecule has 0 aromatic heterocycles. The van der Waals surface area contributed by atoms with E-state index in [2.05, 4.69) is 0 Å². The van der Waals surface area contributed by atoms with Crippen LogP contribution < -0.4 is 4.74 Å². The second-order valence-electron chi connectivity index (χ2n) is 4.40. The fraction of sp³-hybridized carbons (Fsp3) is 0.500. The van der Waals surface area contributed by atoms with Crippen LogP contribution in [0.5, 0.6) is 5.75 Å². The van der Waals surface area contributed by atoms with Crippen molar-refractivity contribution in [1.29, 1.82) is 0 Å². The molecule has 0 spiro atoms. The Labute approximate surface area is 107 Å². The number of hydrogen-bond acceptors (Lipinski definition) is 4. The van der Waals surface area contributed by atoms with Gasteiger partial charge < -0.3 is 14.2 Å². The van der Waals surface area contributed by atoms with E-state index in [0.717, 1.165) is 24.2 Å². The van der Waals surface area contributed by atoms with Gasteiger partial charge in [-0.3, -0.25) is 4.79 Å². The van der Waals surface area contributed by atoms with Gasteiger partial charge in [0, 0.05) is 6.92 Å². The van der Waals surface area contributed by atoms with Crippen LogP contribution in [-0.4, -0.2) is 25.8 Å². The first kappa shape index (κ1) is 12.9. The van der Waals surface area contributed by atoms with Crippen molar-refractivity contribution in [1.82, 2.24) is 0 Å². The molecule has 0 amide bonds. The number of methoxy groups -OCH3 is 1. The van der Waals surface area contributed by atoms with Crippen LogP contribution in [0, 0.1) is 0 Å². The normalized spacial score (nSPS) is 23.4. The molecule has 2 rings (SSSR count). The van der Waals surface area contributed by atoms with Gasteiger partial charge in [-0.05, 0) is 30.5 Å². The van der Waals surface area contributed by atoms with Gasteiger partial charge in [0.25, 0.3) is 0 Å². The van der Waals surface area contributed by atoms with Gasteiger partial charge in [-0.15, -0.1) is 0 Å². The topological polar surface area (TPSA) is 44.8 Å². The van der Waals surface area contributed by atoms with E-state index in [1.54, 1.807) is 7.11 Å². The van der Waals surface area contributed by atoms with Crippen molar-refractivity contribution >= 4 is 5.97 Å². The molecule has 1 fully saturated rings. The molecule has 0 aliphatic carbocycles. The number of carbonyl (C=O) groups is 1. The largest absolute Gasteiger partial charge is 0.497 e. The van der Waals surface area contributed by atoms with Crippen molar-refractivity contribution in [2.45, 2.75) is 32.0 Å². The maximum atomic E-state index is 10.8. The molecule has 0 radical (unpaired) electrons. The second-order valence-corrected chi connectivity index (χ2v) is 4.40. The zero-order chi connectivity index (χ0) is 13.0. The molecule has 1 aliphatic heterocycles. The van der Waals surface area contributed by atoms with E-state index in [0.29, 0.717) is 6.61 Å². The maximum absolute atomic E-state index is 10.8. The molecular weight excluding hydrogens is 232 g/mol. The maximum Gasteiger partial charge on any atom is 0.302 e. The van der Waals surface area contributed by atoms with Crippen LogP contribution in [0.4, 0.5) is 0 Å². The molecular formula is C14H18O4. The van der Waals surface area contributed by atoms with Crippen molar-refractivity contribution in [2.75, 3.05) is 13.7 Å². The summed E-state index contributed by atoms with van der Waals surface area (Å²) in [7, 11) is 1.65. The Bertz CT molecular complexity index is 391. The average Bonchev–Trinajstić information content (AvgIpc) is 2.39. The summed E-state index contributed by atoms with van der Waals surface area (Å²) in [6, 6.07) is 7.87. The molecule has 0 bridgehead atoms. The molecule has 0 N–H and O–H groups in total. The minimum Gasteiger partial charge on any atom is -0.497 e. The standard InChI is InChI=1S/C14H18O4/c1-10(15)18-13-7-8-14(17-9-13)11-3-5-12(16-2)6-4-11/h3-6,13-14H,7-9H2,1-2H3/t13-,14-/m0/s1. The number of hydrogen-bond donors (Lipinski definition) is 0. The monoisotopic (exact) mass is 250 g/mol. The Hall–Kier alpha value is -1.55. The average molecular weight is 250 g/mol. The van der Waals surface area contributed by atoms with Crippen molar-refractivity contribution in [2.24, 2.45) is 0 Å². The lowest BCUT2D eigenvalue weighted by molar-refractivity contribution is -0.156. The Kier molecular flexibility index (Phi) is 4.20. The first-order valence-electron chi connectivity index (χ1n) is 6.12. The summed E-state index contributed by atoms with van der Waals surface area (Å²) in [4.78, 5) is 10.8. The summed E-state index contributed by atoms with van der Waals surface area (Å²) in [6.07, 6.45) is 1.69. The number of carbonyl (C=O) groups excluding carboxylic acids is 1. The van der Waals surface area contributed by atoms with Crippen LogP contribution in [0.2, 0.25) is 0 Å². The van der Waals surface area contributed by atoms with Crippen molar-refractivity contribution in [3.05, 3.63) is 29.8 Å². The predicted molar refractivity (Wildman–Crippen MR) is 66.5 cm³/mol. The molecule has 1 aromatic carbocycles. The van der Waals surface area contributed by atoms with E-state index in [-0.39, 0.29) is 18.2 Å². The third kappa shape index (κ3) is 3.23. The highest BCUT2D eigenvalue weighted by atomic mass is 16.6. The fourth-order valence-electron chi connectivity index (χ4n) is 2.14. The van der Waals surface area contributed by atoms with E-state index >= 15 is 0 Å². The lowest BCUT2D eigenvalue weighted by Crippen LogP contribution is -2.28. The molecule has 18 heavy (non-hydrogen) atoms. The Morgan fingerprint density at radius 3 is 2.50 bits per heavy atom. The Morgan fingerprint density at radius 2 is 2.00 bits per heavy atom. The summed E-state index contributed by atoms with van der Waals surface area (Å²) in [5.41, 5.74) is 1.14. The molecule has 4 nitrogen and oxygen atoms in total. The third-order valence-electron chi connectivity index (χ3n) is 3.05. The van der Waals surface area contributed by atoms with Gasteiger partial charge >= 0.3 is 5.97 Å². The van der Waals surface area contributed by atoms with Gasteiger partial charge in [-0.25, -0.2) is 0 Å². The van der Waals surface area contributed by atoms with Crippen molar-refractivity contribution < 1.29 is 19.0 Å². The van der Waals surface area contributed by atoms with Crippen LogP contribution in [0.3, 0.4) is 0 Å². The molecule has 1 heterocycles. The number of rotatable bonds is 3. The number of benzene rings is 1. The van der Waals surface area contributed by atoms with Gasteiger partial charge in [0.1, 0.15) is 11.9 Å². The van der Waals surface area contributed by atoms with E-state index in [1.807, 2.05) is 24.3 Å². The van der Waals surface area contributed by atoms with Crippen molar-refractivity contribution in [3.8, 4) is 5.75 Å². The zero-order valence-electron chi connectivity index (χ0n) is 10.7. The van der Waals surface area contributed by atoms with Crippen molar-refractivity contribution in [3.63, 3.8) is 0 Å². The zero-order valence-corrected chi connectivity index (χ0v) is 10.7. The molecule has 1 aromatic rings. The van der Waals surface area contributed by atoms with E-state index in [9.17, 15) is 4.79 Å². The van der Waals surface area contributed by atoms with Gasteiger partial charge in [0.05, 0.1) is 19.8 Å². The molecule has 1 aliphatic rings. The van der Waals surface area contributed by atoms with Crippen LogP contribution >= 0.6 is 0 Å². The highest BCUT2D eigenvalue weighted by Gasteiger charge is 2.24. The van der Waals surface area contributed by atoms with Crippen LogP contribution in [0.15, 0.2) is 24.3 Å². The smallest absolute Gasteiger partial charge is 0.302 e. The van der Waals surface area contributed by atoms with Crippen LogP contribution in [0.1, 0.15) is 31.4 Å². The highest BCUT2D eigenvalue weighted by molar-refractivity contribution is 5.66. The van der Waals surface area contributed by atoms with E-state index in [1.165, 1.54) is 6.92 Å². The Morgan fingerprint density at radius 1 is 1.28 bits per heavy atom. The lowest BCUT2D eigenvalue weighted by atomic mass is 10.00. The summed E-state index contributed by atoms with van der Waals surface area (Å²) < 4.78 is 16.0. The van der Waals surface area contributed by atoms with Gasteiger partial charge in [-0.2, -0.15) is 0 Å². The molecule has 98 valence electrons. The second kappa shape index (κ2) is 5.87. The first-order chi connectivity index (χ1) is 8.69. The quantitative estimate of drug-likeness (QED) is 0.773. The molecule has 0 unspecified atom stereocenters. The first-order valence-corrected chi connectivity index (χ1v) is 6.12. The predicted octanol–water partition coefficient (Wildman–Crippen LogP) is 2.48. The molecule has 2 atom stereocenters. The number of ether oxygens (including phenoxy) is 3. The molecule has 4 heteroatoms. The molecule has 0 saturated carbocycles. The van der Waals surface area contributed by atoms with E-state index < -0.39 is 0 Å². The van der Waals surface area contributed by atoms with Crippen LogP contribution in [-0.2, 0) is 14.3 Å². The SMILES string of the molecule is COc1ccc([C@@H]2CC[C@H](OC(C)=O)CO2)cc1. The minimum absolute atomic E-state index is 0.0858. The molecule has 1 saturated heterocycles.